The van der Waals surface area contributed by atoms with Gasteiger partial charge < -0.3 is 20.1 Å². The maximum atomic E-state index is 11.0. The van der Waals surface area contributed by atoms with Crippen molar-refractivity contribution in [2.45, 2.75) is 32.0 Å². The van der Waals surface area contributed by atoms with Crippen LogP contribution in [0.3, 0.4) is 0 Å². The Morgan fingerprint density at radius 3 is 2.79 bits per heavy atom. The first-order chi connectivity index (χ1) is 14.1. The normalized spacial score (nSPS) is 22.9. The van der Waals surface area contributed by atoms with Crippen LogP contribution in [0.1, 0.15) is 23.2 Å². The van der Waals surface area contributed by atoms with Crippen molar-refractivity contribution in [1.29, 1.82) is 0 Å². The summed E-state index contributed by atoms with van der Waals surface area (Å²) in [6.07, 6.45) is 2.32. The summed E-state index contributed by atoms with van der Waals surface area (Å²) in [6, 6.07) is 10.7. The van der Waals surface area contributed by atoms with Crippen molar-refractivity contribution in [2.75, 3.05) is 50.8 Å². The zero-order valence-electron chi connectivity index (χ0n) is 17.2. The highest BCUT2D eigenvalue weighted by Gasteiger charge is 2.36. The number of aliphatic hydroxyl groups is 1. The minimum Gasteiger partial charge on any atom is -0.387 e. The van der Waals surface area contributed by atoms with E-state index in [2.05, 4.69) is 49.4 Å². The molecule has 2 aliphatic heterocycles. The van der Waals surface area contributed by atoms with Gasteiger partial charge in [-0.25, -0.2) is 9.97 Å². The van der Waals surface area contributed by atoms with E-state index in [1.807, 2.05) is 13.0 Å². The fourth-order valence-corrected chi connectivity index (χ4v) is 4.10. The van der Waals surface area contributed by atoms with E-state index >= 15 is 0 Å². The molecule has 0 saturated carbocycles. The van der Waals surface area contributed by atoms with Crippen molar-refractivity contribution in [3.8, 4) is 0 Å². The smallest absolute Gasteiger partial charge is 0.132 e. The predicted molar refractivity (Wildman–Crippen MR) is 113 cm³/mol. The maximum absolute atomic E-state index is 11.0. The molecule has 0 amide bonds. The summed E-state index contributed by atoms with van der Waals surface area (Å²) in [7, 11) is 0. The second-order valence-electron chi connectivity index (χ2n) is 8.23. The first-order valence-electron chi connectivity index (χ1n) is 10.4. The number of anilines is 1. The number of aryl methyl sites for hydroxylation is 1. The number of aromatic nitrogens is 2. The van der Waals surface area contributed by atoms with E-state index in [-0.39, 0.29) is 0 Å². The van der Waals surface area contributed by atoms with Crippen LogP contribution in [0.4, 0.5) is 5.82 Å². The van der Waals surface area contributed by atoms with Gasteiger partial charge in [0.25, 0.3) is 0 Å². The Hall–Kier alpha value is -2.06. The molecule has 7 nitrogen and oxygen atoms in total. The minimum atomic E-state index is -0.732. The maximum Gasteiger partial charge on any atom is 0.132 e. The Bertz CT molecular complexity index is 811. The molecule has 29 heavy (non-hydrogen) atoms. The summed E-state index contributed by atoms with van der Waals surface area (Å²) in [5, 5.41) is 14.4. The lowest BCUT2D eigenvalue weighted by Crippen LogP contribution is -2.43. The molecule has 2 aliphatic rings. The first kappa shape index (κ1) is 20.2. The summed E-state index contributed by atoms with van der Waals surface area (Å²) in [5.41, 5.74) is 2.79. The summed E-state index contributed by atoms with van der Waals surface area (Å²) in [5.74, 6) is 0.893. The molecule has 1 aromatic heterocycles. The molecule has 1 atom stereocenters. The molecule has 0 unspecified atom stereocenters. The van der Waals surface area contributed by atoms with Crippen LogP contribution in [-0.4, -0.2) is 71.5 Å². The van der Waals surface area contributed by atoms with Crippen LogP contribution in [0.25, 0.3) is 0 Å². The predicted octanol–water partition coefficient (Wildman–Crippen LogP) is 1.35. The van der Waals surface area contributed by atoms with Gasteiger partial charge in [0.15, 0.2) is 0 Å². The van der Waals surface area contributed by atoms with Gasteiger partial charge in [-0.3, -0.25) is 4.90 Å². The zero-order chi connectivity index (χ0) is 20.1. The van der Waals surface area contributed by atoms with Crippen LogP contribution < -0.4 is 10.2 Å². The average Bonchev–Trinajstić information content (AvgIpc) is 3.11. The highest BCUT2D eigenvalue weighted by atomic mass is 16.5. The Morgan fingerprint density at radius 1 is 1.14 bits per heavy atom. The van der Waals surface area contributed by atoms with Crippen molar-refractivity contribution in [1.82, 2.24) is 20.2 Å². The van der Waals surface area contributed by atoms with E-state index in [1.165, 1.54) is 11.1 Å². The number of hydrogen-bond acceptors (Lipinski definition) is 7. The van der Waals surface area contributed by atoms with Crippen LogP contribution in [0.5, 0.6) is 0 Å². The number of rotatable bonds is 7. The highest BCUT2D eigenvalue weighted by molar-refractivity contribution is 5.41. The minimum absolute atomic E-state index is 0.571. The molecule has 0 aliphatic carbocycles. The van der Waals surface area contributed by atoms with E-state index in [0.717, 1.165) is 63.9 Å². The van der Waals surface area contributed by atoms with E-state index in [1.54, 1.807) is 6.33 Å². The van der Waals surface area contributed by atoms with Crippen molar-refractivity contribution < 1.29 is 9.84 Å². The lowest BCUT2D eigenvalue weighted by Gasteiger charge is -2.26. The number of nitrogens with zero attached hydrogens (tertiary/aromatic N) is 4. The second-order valence-corrected chi connectivity index (χ2v) is 8.23. The van der Waals surface area contributed by atoms with Crippen molar-refractivity contribution in [2.24, 2.45) is 0 Å². The van der Waals surface area contributed by atoms with Gasteiger partial charge in [0.2, 0.25) is 0 Å². The van der Waals surface area contributed by atoms with Crippen LogP contribution >= 0.6 is 0 Å². The number of ether oxygens (including phenoxy) is 1. The van der Waals surface area contributed by atoms with Crippen LogP contribution in [0, 0.1) is 6.92 Å². The molecule has 0 radical (unpaired) electrons. The van der Waals surface area contributed by atoms with Gasteiger partial charge in [-0.05, 0) is 24.5 Å². The second kappa shape index (κ2) is 9.17. The van der Waals surface area contributed by atoms with Gasteiger partial charge in [0.1, 0.15) is 12.1 Å². The molecule has 2 N–H and O–H groups in total. The molecule has 1 aromatic carbocycles. The van der Waals surface area contributed by atoms with Gasteiger partial charge >= 0.3 is 0 Å². The first-order valence-corrected chi connectivity index (χ1v) is 10.4. The topological polar surface area (TPSA) is 73.8 Å². The lowest BCUT2D eigenvalue weighted by atomic mass is 10.0. The Labute approximate surface area is 172 Å². The Morgan fingerprint density at radius 2 is 1.97 bits per heavy atom. The summed E-state index contributed by atoms with van der Waals surface area (Å²) >= 11 is 0. The molecule has 3 heterocycles. The van der Waals surface area contributed by atoms with Gasteiger partial charge in [0, 0.05) is 57.6 Å². The molecular weight excluding hydrogens is 366 g/mol. The van der Waals surface area contributed by atoms with E-state index in [0.29, 0.717) is 13.1 Å². The van der Waals surface area contributed by atoms with E-state index in [9.17, 15) is 5.11 Å². The van der Waals surface area contributed by atoms with Crippen molar-refractivity contribution >= 4 is 5.82 Å². The largest absolute Gasteiger partial charge is 0.387 e. The standard InChI is InChI=1S/C22H31N5O2/c1-18-11-21(25-17-24-18)27-6-5-22(28,16-27)15-23-13-19-3-2-4-20(12-19)14-26-7-9-29-10-8-26/h2-4,11-12,17,23,28H,5-10,13-16H2,1H3/t22-/m0/s1. The summed E-state index contributed by atoms with van der Waals surface area (Å²) in [4.78, 5) is 13.1. The molecule has 0 spiro atoms. The molecule has 2 aromatic rings. The fraction of sp³-hybridized carbons (Fsp3) is 0.545. The van der Waals surface area contributed by atoms with E-state index in [4.69, 9.17) is 4.74 Å². The van der Waals surface area contributed by atoms with E-state index < -0.39 is 5.60 Å². The fourth-order valence-electron chi connectivity index (χ4n) is 4.10. The molecule has 156 valence electrons. The average molecular weight is 398 g/mol. The zero-order valence-corrected chi connectivity index (χ0v) is 17.2. The highest BCUT2D eigenvalue weighted by Crippen LogP contribution is 2.25. The third kappa shape index (κ3) is 5.51. The van der Waals surface area contributed by atoms with Crippen LogP contribution in [-0.2, 0) is 17.8 Å². The molecule has 4 rings (SSSR count). The SMILES string of the molecule is Cc1cc(N2CC[C@](O)(CNCc3cccc(CN4CCOCC4)c3)C2)ncn1. The number of hydrogen-bond donors (Lipinski definition) is 2. The molecule has 0 bridgehead atoms. The van der Waals surface area contributed by atoms with Gasteiger partial charge in [-0.2, -0.15) is 0 Å². The number of benzene rings is 1. The Balaban J connectivity index is 1.27. The van der Waals surface area contributed by atoms with Crippen molar-refractivity contribution in [3.63, 3.8) is 0 Å². The quantitative estimate of drug-likeness (QED) is 0.731. The number of nitrogens with one attached hydrogen (secondary N) is 1. The van der Waals surface area contributed by atoms with Gasteiger partial charge in [0.05, 0.1) is 18.8 Å². The third-order valence-electron chi connectivity index (χ3n) is 5.73. The number of morpholine rings is 1. The molecule has 2 fully saturated rings. The Kier molecular flexibility index (Phi) is 6.40. The molecule has 7 heteroatoms. The van der Waals surface area contributed by atoms with Crippen molar-refractivity contribution in [3.05, 3.63) is 53.5 Å². The van der Waals surface area contributed by atoms with Crippen LogP contribution in [0.2, 0.25) is 0 Å². The van der Waals surface area contributed by atoms with Gasteiger partial charge in [-0.1, -0.05) is 24.3 Å². The third-order valence-corrected chi connectivity index (χ3v) is 5.73. The number of β-amino-alcohol motifs (C(OH)–C–C–N with tert-alkyl or cyclic N) is 1. The van der Waals surface area contributed by atoms with Gasteiger partial charge in [-0.15, -0.1) is 0 Å². The monoisotopic (exact) mass is 397 g/mol. The summed E-state index contributed by atoms with van der Waals surface area (Å²) in [6.45, 7) is 9.30. The lowest BCUT2D eigenvalue weighted by molar-refractivity contribution is 0.0342. The molecular formula is C22H31N5O2. The van der Waals surface area contributed by atoms with Crippen LogP contribution in [0.15, 0.2) is 36.7 Å². The summed E-state index contributed by atoms with van der Waals surface area (Å²) < 4.78 is 5.43. The molecule has 2 saturated heterocycles.